The Morgan fingerprint density at radius 2 is 2.29 bits per heavy atom. The zero-order valence-electron chi connectivity index (χ0n) is 9.73. The lowest BCUT2D eigenvalue weighted by Crippen LogP contribution is -2.28. The SMILES string of the molecule is NC(=O)c1cccnc1NC1CC2CCC1C2. The Labute approximate surface area is 101 Å². The fourth-order valence-electron chi connectivity index (χ4n) is 3.32. The van der Waals surface area contributed by atoms with Gasteiger partial charge in [-0.25, -0.2) is 4.98 Å². The Hall–Kier alpha value is -1.58. The molecule has 2 aliphatic carbocycles. The average Bonchev–Trinajstić information content (AvgIpc) is 2.91. The number of nitrogens with one attached hydrogen (secondary N) is 1. The van der Waals surface area contributed by atoms with Gasteiger partial charge in [-0.3, -0.25) is 4.79 Å². The molecule has 4 nitrogen and oxygen atoms in total. The standard InChI is InChI=1S/C13H17N3O/c14-12(17)10-2-1-5-15-13(10)16-11-7-8-3-4-9(11)6-8/h1-2,5,8-9,11H,3-4,6-7H2,(H2,14,17)(H,15,16). The van der Waals surface area contributed by atoms with Crippen LogP contribution in [0.4, 0.5) is 5.82 Å². The molecule has 0 aromatic carbocycles. The van der Waals surface area contributed by atoms with Crippen LogP contribution in [-0.2, 0) is 0 Å². The summed E-state index contributed by atoms with van der Waals surface area (Å²) in [6, 6.07) is 3.94. The van der Waals surface area contributed by atoms with Gasteiger partial charge in [0, 0.05) is 12.2 Å². The third kappa shape index (κ3) is 1.88. The maximum absolute atomic E-state index is 11.3. The second-order valence-corrected chi connectivity index (χ2v) is 5.19. The number of anilines is 1. The number of carbonyl (C=O) groups excluding carboxylic acids is 1. The van der Waals surface area contributed by atoms with E-state index in [-0.39, 0.29) is 0 Å². The Morgan fingerprint density at radius 1 is 1.41 bits per heavy atom. The molecule has 2 fully saturated rings. The van der Waals surface area contributed by atoms with E-state index in [9.17, 15) is 4.79 Å². The molecule has 0 aliphatic heterocycles. The Bertz CT molecular complexity index is 446. The number of hydrogen-bond acceptors (Lipinski definition) is 3. The molecule has 90 valence electrons. The smallest absolute Gasteiger partial charge is 0.252 e. The molecule has 2 saturated carbocycles. The molecule has 1 aromatic heterocycles. The number of pyridine rings is 1. The van der Waals surface area contributed by atoms with Crippen LogP contribution in [0, 0.1) is 11.8 Å². The number of nitrogens with two attached hydrogens (primary N) is 1. The van der Waals surface area contributed by atoms with Gasteiger partial charge < -0.3 is 11.1 Å². The van der Waals surface area contributed by atoms with Crippen LogP contribution in [0.3, 0.4) is 0 Å². The molecule has 3 N–H and O–H groups in total. The van der Waals surface area contributed by atoms with Gasteiger partial charge in [0.1, 0.15) is 5.82 Å². The van der Waals surface area contributed by atoms with Crippen LogP contribution in [-0.4, -0.2) is 16.9 Å². The van der Waals surface area contributed by atoms with Gasteiger partial charge in [0.05, 0.1) is 5.56 Å². The van der Waals surface area contributed by atoms with Gasteiger partial charge in [-0.1, -0.05) is 6.42 Å². The molecule has 1 heterocycles. The third-order valence-corrected chi connectivity index (χ3v) is 4.13. The molecule has 1 aromatic rings. The van der Waals surface area contributed by atoms with E-state index >= 15 is 0 Å². The summed E-state index contributed by atoms with van der Waals surface area (Å²) in [6.45, 7) is 0. The molecule has 4 heteroatoms. The van der Waals surface area contributed by atoms with Gasteiger partial charge in [0.15, 0.2) is 0 Å². The second-order valence-electron chi connectivity index (χ2n) is 5.19. The van der Waals surface area contributed by atoms with Crippen molar-refractivity contribution in [3.05, 3.63) is 23.9 Å². The van der Waals surface area contributed by atoms with Crippen LogP contribution in [0.1, 0.15) is 36.0 Å². The highest BCUT2D eigenvalue weighted by Crippen LogP contribution is 2.45. The van der Waals surface area contributed by atoms with Crippen molar-refractivity contribution in [2.75, 3.05) is 5.32 Å². The predicted molar refractivity (Wildman–Crippen MR) is 65.6 cm³/mol. The van der Waals surface area contributed by atoms with Crippen molar-refractivity contribution >= 4 is 11.7 Å². The maximum Gasteiger partial charge on any atom is 0.252 e. The van der Waals surface area contributed by atoms with Crippen molar-refractivity contribution in [2.24, 2.45) is 17.6 Å². The number of rotatable bonds is 3. The number of aromatic nitrogens is 1. The minimum absolute atomic E-state index is 0.413. The lowest BCUT2D eigenvalue weighted by atomic mass is 9.95. The van der Waals surface area contributed by atoms with E-state index in [1.54, 1.807) is 18.3 Å². The number of fused-ring (bicyclic) bond motifs is 2. The van der Waals surface area contributed by atoms with Crippen LogP contribution >= 0.6 is 0 Å². The molecule has 1 amide bonds. The fourth-order valence-corrected chi connectivity index (χ4v) is 3.32. The molecule has 3 atom stereocenters. The summed E-state index contributed by atoms with van der Waals surface area (Å²) in [4.78, 5) is 15.5. The summed E-state index contributed by atoms with van der Waals surface area (Å²) in [6.07, 6.45) is 6.91. The van der Waals surface area contributed by atoms with E-state index in [0.29, 0.717) is 17.4 Å². The van der Waals surface area contributed by atoms with E-state index in [0.717, 1.165) is 11.8 Å². The zero-order chi connectivity index (χ0) is 11.8. The third-order valence-electron chi connectivity index (χ3n) is 4.13. The lowest BCUT2D eigenvalue weighted by molar-refractivity contribution is 0.100. The van der Waals surface area contributed by atoms with Crippen molar-refractivity contribution < 1.29 is 4.79 Å². The van der Waals surface area contributed by atoms with Gasteiger partial charge in [0.25, 0.3) is 5.91 Å². The number of primary amides is 1. The summed E-state index contributed by atoms with van der Waals surface area (Å²) in [7, 11) is 0. The van der Waals surface area contributed by atoms with Crippen molar-refractivity contribution in [3.8, 4) is 0 Å². The molecule has 0 radical (unpaired) electrons. The van der Waals surface area contributed by atoms with E-state index in [2.05, 4.69) is 10.3 Å². The number of nitrogens with zero attached hydrogens (tertiary/aromatic N) is 1. The maximum atomic E-state index is 11.3. The van der Waals surface area contributed by atoms with Crippen molar-refractivity contribution in [1.29, 1.82) is 0 Å². The van der Waals surface area contributed by atoms with Crippen LogP contribution in [0.25, 0.3) is 0 Å². The van der Waals surface area contributed by atoms with Gasteiger partial charge in [-0.05, 0) is 43.2 Å². The zero-order valence-corrected chi connectivity index (χ0v) is 9.73. The lowest BCUT2D eigenvalue weighted by Gasteiger charge is -2.24. The van der Waals surface area contributed by atoms with Crippen LogP contribution in [0.5, 0.6) is 0 Å². The Kier molecular flexibility index (Phi) is 2.50. The quantitative estimate of drug-likeness (QED) is 0.833. The number of amides is 1. The normalized spacial score (nSPS) is 30.5. The molecule has 2 bridgehead atoms. The van der Waals surface area contributed by atoms with Gasteiger partial charge in [0.2, 0.25) is 0 Å². The predicted octanol–water partition coefficient (Wildman–Crippen LogP) is 1.78. The largest absolute Gasteiger partial charge is 0.366 e. The van der Waals surface area contributed by atoms with Gasteiger partial charge in [-0.15, -0.1) is 0 Å². The van der Waals surface area contributed by atoms with E-state index < -0.39 is 5.91 Å². The average molecular weight is 231 g/mol. The van der Waals surface area contributed by atoms with Crippen molar-refractivity contribution in [1.82, 2.24) is 4.98 Å². The molecular weight excluding hydrogens is 214 g/mol. The van der Waals surface area contributed by atoms with E-state index in [4.69, 9.17) is 5.73 Å². The van der Waals surface area contributed by atoms with E-state index in [1.165, 1.54) is 25.7 Å². The van der Waals surface area contributed by atoms with Crippen molar-refractivity contribution in [3.63, 3.8) is 0 Å². The van der Waals surface area contributed by atoms with Crippen LogP contribution < -0.4 is 11.1 Å². The molecular formula is C13H17N3O. The highest BCUT2D eigenvalue weighted by atomic mass is 16.1. The molecule has 17 heavy (non-hydrogen) atoms. The first-order valence-electron chi connectivity index (χ1n) is 6.25. The molecule has 0 saturated heterocycles. The van der Waals surface area contributed by atoms with E-state index in [1.807, 2.05) is 0 Å². The van der Waals surface area contributed by atoms with Gasteiger partial charge in [-0.2, -0.15) is 0 Å². The highest BCUT2D eigenvalue weighted by Gasteiger charge is 2.39. The number of hydrogen-bond donors (Lipinski definition) is 2. The number of carbonyl (C=O) groups is 1. The monoisotopic (exact) mass is 231 g/mol. The summed E-state index contributed by atoms with van der Waals surface area (Å²) in [5, 5.41) is 3.41. The first kappa shape index (κ1) is 10.6. The summed E-state index contributed by atoms with van der Waals surface area (Å²) >= 11 is 0. The fraction of sp³-hybridized carbons (Fsp3) is 0.538. The Morgan fingerprint density at radius 3 is 2.94 bits per heavy atom. The molecule has 2 aliphatic rings. The minimum atomic E-state index is -0.413. The second kappa shape index (κ2) is 4.02. The Balaban J connectivity index is 1.79. The summed E-state index contributed by atoms with van der Waals surface area (Å²) in [5.74, 6) is 1.86. The summed E-state index contributed by atoms with van der Waals surface area (Å²) in [5.41, 5.74) is 5.84. The first-order valence-corrected chi connectivity index (χ1v) is 6.25. The van der Waals surface area contributed by atoms with Gasteiger partial charge >= 0.3 is 0 Å². The van der Waals surface area contributed by atoms with Crippen LogP contribution in [0.2, 0.25) is 0 Å². The molecule has 3 unspecified atom stereocenters. The van der Waals surface area contributed by atoms with Crippen LogP contribution in [0.15, 0.2) is 18.3 Å². The molecule has 0 spiro atoms. The minimum Gasteiger partial charge on any atom is -0.366 e. The summed E-state index contributed by atoms with van der Waals surface area (Å²) < 4.78 is 0. The van der Waals surface area contributed by atoms with Crippen molar-refractivity contribution in [2.45, 2.75) is 31.7 Å². The molecule has 3 rings (SSSR count). The first-order chi connectivity index (χ1) is 8.24. The highest BCUT2D eigenvalue weighted by molar-refractivity contribution is 5.97. The topological polar surface area (TPSA) is 68.0 Å².